The van der Waals surface area contributed by atoms with Crippen LogP contribution in [0.1, 0.15) is 25.0 Å². The van der Waals surface area contributed by atoms with Gasteiger partial charge in [0.05, 0.1) is 18.1 Å². The molecule has 0 aliphatic rings. The molecule has 0 bridgehead atoms. The highest BCUT2D eigenvalue weighted by Crippen LogP contribution is 2.31. The summed E-state index contributed by atoms with van der Waals surface area (Å²) in [5.41, 5.74) is -1.10. The lowest BCUT2D eigenvalue weighted by Crippen LogP contribution is -2.28. The lowest BCUT2D eigenvalue weighted by atomic mass is 9.85. The summed E-state index contributed by atoms with van der Waals surface area (Å²) < 4.78 is 42.2. The zero-order valence-corrected chi connectivity index (χ0v) is 10.5. The maximum Gasteiger partial charge on any atom is 0.416 e. The fourth-order valence-corrected chi connectivity index (χ4v) is 1.72. The number of hydrogen-bond donors (Lipinski definition) is 0. The van der Waals surface area contributed by atoms with Crippen LogP contribution in [0.2, 0.25) is 0 Å². The number of methoxy groups -OCH3 is 1. The van der Waals surface area contributed by atoms with Crippen LogP contribution in [0.3, 0.4) is 0 Å². The number of ether oxygens (including phenoxy) is 1. The average Bonchev–Trinajstić information content (AvgIpc) is 2.26. The molecule has 0 aliphatic heterocycles. The third-order valence-corrected chi connectivity index (χ3v) is 2.64. The number of rotatable bonds is 3. The Kier molecular flexibility index (Phi) is 4.04. The van der Waals surface area contributed by atoms with Crippen LogP contribution in [0.5, 0.6) is 0 Å². The summed E-state index contributed by atoms with van der Waals surface area (Å²) in [7, 11) is 1.26. The van der Waals surface area contributed by atoms with Crippen LogP contribution >= 0.6 is 0 Å². The Balaban J connectivity index is 2.96. The molecule has 0 aliphatic carbocycles. The van der Waals surface area contributed by atoms with Gasteiger partial charge in [-0.25, -0.2) is 0 Å². The minimum Gasteiger partial charge on any atom is -0.469 e. The molecular formula is C13H15F3O2. The second kappa shape index (κ2) is 5.00. The number of carbonyl (C=O) groups excluding carboxylic acids is 1. The number of hydrogen-bond acceptors (Lipinski definition) is 2. The van der Waals surface area contributed by atoms with Gasteiger partial charge in [-0.3, -0.25) is 4.79 Å². The van der Waals surface area contributed by atoms with E-state index in [0.717, 1.165) is 12.1 Å². The minimum atomic E-state index is -4.37. The second-order valence-electron chi connectivity index (χ2n) is 4.75. The second-order valence-corrected chi connectivity index (χ2v) is 4.75. The van der Waals surface area contributed by atoms with Crippen LogP contribution in [0.15, 0.2) is 24.3 Å². The maximum atomic E-state index is 12.5. The zero-order valence-electron chi connectivity index (χ0n) is 10.5. The van der Waals surface area contributed by atoms with Crippen molar-refractivity contribution in [1.82, 2.24) is 0 Å². The predicted octanol–water partition coefficient (Wildman–Crippen LogP) is 3.45. The maximum absolute atomic E-state index is 12.5. The first-order chi connectivity index (χ1) is 8.16. The van der Waals surface area contributed by atoms with Gasteiger partial charge in [-0.2, -0.15) is 13.2 Å². The van der Waals surface area contributed by atoms with Gasteiger partial charge in [0.1, 0.15) is 0 Å². The van der Waals surface area contributed by atoms with Gasteiger partial charge in [-0.05, 0) is 31.9 Å². The summed E-state index contributed by atoms with van der Waals surface area (Å²) in [6.07, 6.45) is -4.17. The van der Waals surface area contributed by atoms with Gasteiger partial charge in [0.25, 0.3) is 0 Å². The van der Waals surface area contributed by atoms with Crippen molar-refractivity contribution in [2.45, 2.75) is 26.4 Å². The summed E-state index contributed by atoms with van der Waals surface area (Å²) in [5, 5.41) is 0. The number of halogens is 3. The van der Waals surface area contributed by atoms with E-state index in [1.54, 1.807) is 19.9 Å². The Hall–Kier alpha value is -1.52. The minimum absolute atomic E-state index is 0.198. The number of benzene rings is 1. The van der Waals surface area contributed by atoms with E-state index in [2.05, 4.69) is 4.74 Å². The molecule has 0 saturated carbocycles. The first kappa shape index (κ1) is 14.5. The van der Waals surface area contributed by atoms with Gasteiger partial charge in [0.15, 0.2) is 0 Å². The van der Waals surface area contributed by atoms with Gasteiger partial charge in [-0.15, -0.1) is 0 Å². The summed E-state index contributed by atoms with van der Waals surface area (Å²) in [4.78, 5) is 11.5. The van der Waals surface area contributed by atoms with E-state index < -0.39 is 23.1 Å². The van der Waals surface area contributed by atoms with E-state index in [1.807, 2.05) is 0 Å². The molecular weight excluding hydrogens is 245 g/mol. The van der Waals surface area contributed by atoms with Gasteiger partial charge in [0, 0.05) is 0 Å². The Bertz CT molecular complexity index is 436. The number of alkyl halides is 3. The Labute approximate surface area is 104 Å². The van der Waals surface area contributed by atoms with Crippen molar-refractivity contribution in [3.8, 4) is 0 Å². The molecule has 1 aromatic carbocycles. The fourth-order valence-electron chi connectivity index (χ4n) is 1.72. The molecule has 0 aromatic heterocycles. The molecule has 5 heteroatoms. The summed E-state index contributed by atoms with van der Waals surface area (Å²) >= 11 is 0. The summed E-state index contributed by atoms with van der Waals surface area (Å²) in [6.45, 7) is 3.28. The molecule has 0 radical (unpaired) electrons. The molecule has 0 unspecified atom stereocenters. The highest BCUT2D eigenvalue weighted by atomic mass is 19.4. The van der Waals surface area contributed by atoms with Crippen LogP contribution in [-0.2, 0) is 22.1 Å². The quantitative estimate of drug-likeness (QED) is 0.778. The third kappa shape index (κ3) is 3.48. The number of esters is 1. The SMILES string of the molecule is COC(=O)C(C)(C)Cc1cccc(C(F)(F)F)c1. The Morgan fingerprint density at radius 3 is 2.39 bits per heavy atom. The standard InChI is InChI=1S/C13H15F3O2/c1-12(2,11(17)18-3)8-9-5-4-6-10(7-9)13(14,15)16/h4-7H,8H2,1-3H3. The zero-order chi connectivity index (χ0) is 14.0. The topological polar surface area (TPSA) is 26.3 Å². The van der Waals surface area contributed by atoms with Gasteiger partial charge in [-0.1, -0.05) is 18.2 Å². The van der Waals surface area contributed by atoms with E-state index in [9.17, 15) is 18.0 Å². The van der Waals surface area contributed by atoms with Crippen molar-refractivity contribution >= 4 is 5.97 Å². The largest absolute Gasteiger partial charge is 0.469 e. The molecule has 1 rings (SSSR count). The molecule has 0 heterocycles. The van der Waals surface area contributed by atoms with Crippen LogP contribution in [-0.4, -0.2) is 13.1 Å². The Morgan fingerprint density at radius 2 is 1.89 bits per heavy atom. The van der Waals surface area contributed by atoms with Crippen molar-refractivity contribution in [3.05, 3.63) is 35.4 Å². The molecule has 18 heavy (non-hydrogen) atoms. The van der Waals surface area contributed by atoms with Crippen LogP contribution in [0, 0.1) is 5.41 Å². The first-order valence-corrected chi connectivity index (χ1v) is 5.41. The molecule has 0 fully saturated rings. The van der Waals surface area contributed by atoms with Gasteiger partial charge >= 0.3 is 12.1 Å². The van der Waals surface area contributed by atoms with Crippen LogP contribution in [0.25, 0.3) is 0 Å². The molecule has 1 aromatic rings. The molecule has 100 valence electrons. The third-order valence-electron chi connectivity index (χ3n) is 2.64. The van der Waals surface area contributed by atoms with Crippen molar-refractivity contribution in [2.24, 2.45) is 5.41 Å². The highest BCUT2D eigenvalue weighted by molar-refractivity contribution is 5.76. The molecule has 0 atom stereocenters. The summed E-state index contributed by atoms with van der Waals surface area (Å²) in [6, 6.07) is 4.98. The monoisotopic (exact) mass is 260 g/mol. The molecule has 0 saturated heterocycles. The van der Waals surface area contributed by atoms with Gasteiger partial charge < -0.3 is 4.74 Å². The van der Waals surface area contributed by atoms with Crippen molar-refractivity contribution in [3.63, 3.8) is 0 Å². The highest BCUT2D eigenvalue weighted by Gasteiger charge is 2.32. The summed E-state index contributed by atoms with van der Waals surface area (Å²) in [5.74, 6) is -0.445. The van der Waals surface area contributed by atoms with E-state index in [4.69, 9.17) is 0 Å². The average molecular weight is 260 g/mol. The molecule has 0 spiro atoms. The molecule has 0 amide bonds. The van der Waals surface area contributed by atoms with Crippen molar-refractivity contribution in [1.29, 1.82) is 0 Å². The fraction of sp³-hybridized carbons (Fsp3) is 0.462. The van der Waals surface area contributed by atoms with E-state index in [1.165, 1.54) is 13.2 Å². The number of carbonyl (C=O) groups is 1. The smallest absolute Gasteiger partial charge is 0.416 e. The predicted molar refractivity (Wildman–Crippen MR) is 60.9 cm³/mol. The molecule has 0 N–H and O–H groups in total. The normalized spacial score (nSPS) is 12.3. The van der Waals surface area contributed by atoms with Gasteiger partial charge in [0.2, 0.25) is 0 Å². The van der Waals surface area contributed by atoms with Crippen LogP contribution in [0.4, 0.5) is 13.2 Å². The Morgan fingerprint density at radius 1 is 1.28 bits per heavy atom. The lowest BCUT2D eigenvalue weighted by molar-refractivity contribution is -0.150. The van der Waals surface area contributed by atoms with Crippen molar-refractivity contribution in [2.75, 3.05) is 7.11 Å². The lowest BCUT2D eigenvalue weighted by Gasteiger charge is -2.21. The van der Waals surface area contributed by atoms with Crippen molar-refractivity contribution < 1.29 is 22.7 Å². The first-order valence-electron chi connectivity index (χ1n) is 5.41. The van der Waals surface area contributed by atoms with Crippen LogP contribution < -0.4 is 0 Å². The van der Waals surface area contributed by atoms with E-state index in [0.29, 0.717) is 5.56 Å². The van der Waals surface area contributed by atoms with E-state index in [-0.39, 0.29) is 6.42 Å². The van der Waals surface area contributed by atoms with E-state index >= 15 is 0 Å². The molecule has 2 nitrogen and oxygen atoms in total.